The lowest BCUT2D eigenvalue weighted by molar-refractivity contribution is -0.138. The number of halogens is 3. The Bertz CT molecular complexity index is 1420. The molecule has 2 fully saturated rings. The molecule has 0 unspecified atom stereocenters. The van der Waals surface area contributed by atoms with E-state index >= 15 is 0 Å². The van der Waals surface area contributed by atoms with E-state index in [9.17, 15) is 22.8 Å². The van der Waals surface area contributed by atoms with Crippen LogP contribution in [0.15, 0.2) is 34.0 Å². The van der Waals surface area contributed by atoms with Gasteiger partial charge in [-0.25, -0.2) is 4.68 Å². The van der Waals surface area contributed by atoms with Crippen LogP contribution in [0.25, 0.3) is 10.8 Å². The predicted molar refractivity (Wildman–Crippen MR) is 128 cm³/mol. The normalized spacial score (nSPS) is 19.3. The molecule has 2 atom stereocenters. The fraction of sp³-hybridized carbons (Fsp3) is 0.480. The molecule has 186 valence electrons. The van der Waals surface area contributed by atoms with E-state index in [1.165, 1.54) is 24.7 Å². The summed E-state index contributed by atoms with van der Waals surface area (Å²) in [6, 6.07) is 3.46. The summed E-state index contributed by atoms with van der Waals surface area (Å²) in [5.74, 6) is 0.361. The van der Waals surface area contributed by atoms with Gasteiger partial charge in [0, 0.05) is 36.3 Å². The van der Waals surface area contributed by atoms with E-state index in [2.05, 4.69) is 15.7 Å². The van der Waals surface area contributed by atoms with Crippen LogP contribution in [0.2, 0.25) is 0 Å². The Morgan fingerprint density at radius 3 is 2.54 bits per heavy atom. The van der Waals surface area contributed by atoms with Crippen molar-refractivity contribution in [3.63, 3.8) is 0 Å². The number of hydrogen-bond acceptors (Lipinski definition) is 5. The molecule has 0 radical (unpaired) electrons. The summed E-state index contributed by atoms with van der Waals surface area (Å²) >= 11 is 0. The molecule has 2 N–H and O–H groups in total. The topological polar surface area (TPSA) is 81.0 Å². The number of rotatable bonds is 5. The van der Waals surface area contributed by atoms with Gasteiger partial charge >= 0.3 is 6.18 Å². The lowest BCUT2D eigenvalue weighted by atomic mass is 9.97. The summed E-state index contributed by atoms with van der Waals surface area (Å²) in [7, 11) is 1.52. The van der Waals surface area contributed by atoms with Crippen molar-refractivity contribution in [1.82, 2.24) is 19.7 Å². The van der Waals surface area contributed by atoms with Gasteiger partial charge in [-0.15, -0.1) is 0 Å². The Kier molecular flexibility index (Phi) is 5.74. The molecule has 1 aromatic carbocycles. The highest BCUT2D eigenvalue weighted by molar-refractivity contribution is 5.93. The van der Waals surface area contributed by atoms with Crippen LogP contribution in [-0.2, 0) is 13.2 Å². The van der Waals surface area contributed by atoms with Crippen LogP contribution in [-0.4, -0.2) is 20.9 Å². The van der Waals surface area contributed by atoms with Crippen molar-refractivity contribution in [1.29, 1.82) is 0 Å². The van der Waals surface area contributed by atoms with E-state index in [1.807, 2.05) is 0 Å². The fourth-order valence-corrected chi connectivity index (χ4v) is 5.17. The minimum Gasteiger partial charge on any atom is -0.362 e. The Morgan fingerprint density at radius 2 is 1.91 bits per heavy atom. The van der Waals surface area contributed by atoms with Gasteiger partial charge < -0.3 is 15.2 Å². The number of anilines is 1. The van der Waals surface area contributed by atoms with Gasteiger partial charge in [-0.3, -0.25) is 9.59 Å². The molecule has 3 heterocycles. The summed E-state index contributed by atoms with van der Waals surface area (Å²) in [6.07, 6.45) is 0.689. The lowest BCUT2D eigenvalue weighted by Gasteiger charge is -2.22. The van der Waals surface area contributed by atoms with Crippen molar-refractivity contribution in [3.05, 3.63) is 67.4 Å². The highest BCUT2D eigenvalue weighted by Gasteiger charge is 2.34. The van der Waals surface area contributed by atoms with E-state index in [1.54, 1.807) is 23.8 Å². The first-order valence-corrected chi connectivity index (χ1v) is 11.9. The highest BCUT2D eigenvalue weighted by atomic mass is 19.4. The Labute approximate surface area is 200 Å². The van der Waals surface area contributed by atoms with Crippen LogP contribution in [0.4, 0.5) is 19.0 Å². The first kappa shape index (κ1) is 23.6. The third-order valence-electron chi connectivity index (χ3n) is 7.13. The molecular weight excluding hydrogens is 459 g/mol. The number of nitrogens with zero attached hydrogens (tertiary/aromatic N) is 3. The standard InChI is InChI=1S/C25H28F3N5O2/c1-13-16(6-4-7-18(13)25(26,27)28)14(2)30-22-17-12-33(15-9-10-15)24(35)21(19-8-5-11-29-19)20(17)23(34)32(3)31-22/h4,6-7,12,14-15,19,29H,5,8-11H2,1-3H3,(H,30,31)/t14-,19-/m1/s1. The first-order valence-electron chi connectivity index (χ1n) is 11.9. The maximum Gasteiger partial charge on any atom is 0.416 e. The number of benzene rings is 1. The fourth-order valence-electron chi connectivity index (χ4n) is 5.17. The van der Waals surface area contributed by atoms with Gasteiger partial charge in [-0.1, -0.05) is 12.1 Å². The molecule has 35 heavy (non-hydrogen) atoms. The first-order chi connectivity index (χ1) is 16.6. The molecule has 2 aromatic heterocycles. The van der Waals surface area contributed by atoms with Gasteiger partial charge in [-0.2, -0.15) is 18.3 Å². The summed E-state index contributed by atoms with van der Waals surface area (Å²) in [4.78, 5) is 26.7. The van der Waals surface area contributed by atoms with Crippen molar-refractivity contribution in [2.24, 2.45) is 7.05 Å². The quantitative estimate of drug-likeness (QED) is 0.559. The molecular formula is C25H28F3N5O2. The van der Waals surface area contributed by atoms with Crippen LogP contribution in [0.3, 0.4) is 0 Å². The molecule has 1 saturated heterocycles. The molecule has 10 heteroatoms. The second kappa shape index (κ2) is 8.51. The molecule has 0 amide bonds. The molecule has 5 rings (SSSR count). The Balaban J connectivity index is 1.67. The second-order valence-electron chi connectivity index (χ2n) is 9.58. The number of pyridine rings is 1. The van der Waals surface area contributed by atoms with Crippen LogP contribution in [0.5, 0.6) is 0 Å². The molecule has 0 bridgehead atoms. The smallest absolute Gasteiger partial charge is 0.362 e. The Hall–Kier alpha value is -3.14. The minimum absolute atomic E-state index is 0.0899. The number of hydrogen-bond donors (Lipinski definition) is 2. The molecule has 2 aliphatic rings. The number of aryl methyl sites for hydroxylation is 1. The minimum atomic E-state index is -4.45. The number of fused-ring (bicyclic) bond motifs is 1. The van der Waals surface area contributed by atoms with Crippen LogP contribution < -0.4 is 21.8 Å². The monoisotopic (exact) mass is 487 g/mol. The zero-order chi connectivity index (χ0) is 25.1. The van der Waals surface area contributed by atoms with Crippen molar-refractivity contribution < 1.29 is 13.2 Å². The van der Waals surface area contributed by atoms with E-state index in [0.717, 1.165) is 38.3 Å². The van der Waals surface area contributed by atoms with Crippen LogP contribution >= 0.6 is 0 Å². The van der Waals surface area contributed by atoms with Crippen LogP contribution in [0, 0.1) is 6.92 Å². The summed E-state index contributed by atoms with van der Waals surface area (Å²) in [5, 5.41) is 11.8. The molecule has 1 aliphatic carbocycles. The molecule has 7 nitrogen and oxygen atoms in total. The van der Waals surface area contributed by atoms with E-state index in [0.29, 0.717) is 27.7 Å². The highest BCUT2D eigenvalue weighted by Crippen LogP contribution is 2.38. The molecule has 1 saturated carbocycles. The Morgan fingerprint density at radius 1 is 1.17 bits per heavy atom. The van der Waals surface area contributed by atoms with Crippen molar-refractivity contribution in [3.8, 4) is 0 Å². The average Bonchev–Trinajstić information content (AvgIpc) is 3.49. The zero-order valence-electron chi connectivity index (χ0n) is 19.9. The van der Waals surface area contributed by atoms with Crippen LogP contribution in [0.1, 0.15) is 73.0 Å². The van der Waals surface area contributed by atoms with Gasteiger partial charge in [-0.05, 0) is 63.3 Å². The van der Waals surface area contributed by atoms with Crippen molar-refractivity contribution in [2.45, 2.75) is 63.8 Å². The van der Waals surface area contributed by atoms with E-state index in [-0.39, 0.29) is 28.8 Å². The second-order valence-corrected chi connectivity index (χ2v) is 9.58. The summed E-state index contributed by atoms with van der Waals surface area (Å²) in [6.45, 7) is 3.99. The lowest BCUT2D eigenvalue weighted by Crippen LogP contribution is -2.33. The van der Waals surface area contributed by atoms with E-state index in [4.69, 9.17) is 0 Å². The van der Waals surface area contributed by atoms with Gasteiger partial charge in [0.25, 0.3) is 11.1 Å². The third kappa shape index (κ3) is 4.13. The molecule has 0 spiro atoms. The number of alkyl halides is 3. The molecule has 1 aliphatic heterocycles. The van der Waals surface area contributed by atoms with Gasteiger partial charge in [0.2, 0.25) is 0 Å². The average molecular weight is 488 g/mol. The summed E-state index contributed by atoms with van der Waals surface area (Å²) in [5.41, 5.74) is -0.121. The number of aromatic nitrogens is 3. The predicted octanol–water partition coefficient (Wildman–Crippen LogP) is 4.35. The van der Waals surface area contributed by atoms with Gasteiger partial charge in [0.1, 0.15) is 0 Å². The summed E-state index contributed by atoms with van der Waals surface area (Å²) < 4.78 is 43.3. The van der Waals surface area contributed by atoms with Gasteiger partial charge in [0.15, 0.2) is 5.82 Å². The third-order valence-corrected chi connectivity index (χ3v) is 7.13. The maximum atomic E-state index is 13.5. The largest absolute Gasteiger partial charge is 0.416 e. The number of nitrogens with one attached hydrogen (secondary N) is 2. The maximum absolute atomic E-state index is 13.5. The SMILES string of the molecule is Cc1c([C@@H](C)Nc2nn(C)c(=O)c3c([C@H]4CCCN4)c(=O)n(C4CC4)cc23)cccc1C(F)(F)F. The molecule has 3 aromatic rings. The zero-order valence-corrected chi connectivity index (χ0v) is 19.9. The van der Waals surface area contributed by atoms with Gasteiger partial charge in [0.05, 0.1) is 17.0 Å². The van der Waals surface area contributed by atoms with E-state index < -0.39 is 17.8 Å². The van der Waals surface area contributed by atoms with Crippen molar-refractivity contribution >= 4 is 16.6 Å². The van der Waals surface area contributed by atoms with Crippen molar-refractivity contribution in [2.75, 3.05) is 11.9 Å².